The van der Waals surface area contributed by atoms with Gasteiger partial charge in [0.1, 0.15) is 11.9 Å². The smallest absolute Gasteiger partial charge is 0.271 e. The zero-order valence-corrected chi connectivity index (χ0v) is 15.2. The second-order valence-electron chi connectivity index (χ2n) is 6.49. The Labute approximate surface area is 159 Å². The number of nitrogens with zero attached hydrogens (tertiary/aromatic N) is 3. The average Bonchev–Trinajstić information content (AvgIpc) is 2.95. The minimum Gasteiger partial charge on any atom is -0.271 e. The monoisotopic (exact) mass is 376 g/mol. The molecule has 3 amide bonds. The van der Waals surface area contributed by atoms with Crippen molar-refractivity contribution in [2.75, 3.05) is 5.43 Å². The van der Waals surface area contributed by atoms with Crippen LogP contribution in [-0.2, 0) is 4.79 Å². The van der Waals surface area contributed by atoms with Gasteiger partial charge in [0, 0.05) is 0 Å². The summed E-state index contributed by atoms with van der Waals surface area (Å²) in [6, 6.07) is 12.1. The first kappa shape index (κ1) is 17.6. The lowest BCUT2D eigenvalue weighted by Gasteiger charge is -2.22. The normalized spacial score (nSPS) is 14.3. The van der Waals surface area contributed by atoms with Crippen LogP contribution in [0.15, 0.2) is 53.3 Å². The summed E-state index contributed by atoms with van der Waals surface area (Å²) in [5, 5.41) is 0.349. The number of aromatic nitrogens is 2. The zero-order valence-electron chi connectivity index (χ0n) is 15.2. The number of carbonyl (C=O) groups is 3. The van der Waals surface area contributed by atoms with Crippen molar-refractivity contribution < 1.29 is 14.4 Å². The molecule has 0 saturated heterocycles. The third-order valence-electron chi connectivity index (χ3n) is 4.76. The zero-order chi connectivity index (χ0) is 20.0. The summed E-state index contributed by atoms with van der Waals surface area (Å²) >= 11 is 0. The molecule has 0 unspecified atom stereocenters. The first-order chi connectivity index (χ1) is 13.4. The number of hydrogen-bond donors (Lipinski definition) is 1. The van der Waals surface area contributed by atoms with Crippen molar-refractivity contribution in [3.63, 3.8) is 0 Å². The van der Waals surface area contributed by atoms with Gasteiger partial charge in [0.15, 0.2) is 0 Å². The summed E-state index contributed by atoms with van der Waals surface area (Å²) in [5.41, 5.74) is 3.06. The molecular weight excluding hydrogens is 360 g/mol. The molecule has 0 radical (unpaired) electrons. The van der Waals surface area contributed by atoms with Crippen LogP contribution < -0.4 is 11.0 Å². The molecule has 1 aliphatic rings. The average molecular weight is 376 g/mol. The standard InChI is InChI=1S/C20H16N4O4/c1-11(23-18(26)13-7-3-4-8-14(13)19(23)27)17(25)22-24-12(2)21-16-10-6-5-9-15(16)20(24)28/h3-11H,1-2H3,(H,22,25)/t11-/m1/s1. The van der Waals surface area contributed by atoms with Crippen LogP contribution >= 0.6 is 0 Å². The number of imide groups is 1. The Hall–Kier alpha value is -3.81. The lowest BCUT2D eigenvalue weighted by atomic mass is 10.1. The molecule has 0 saturated carbocycles. The molecule has 1 aromatic heterocycles. The number of carbonyl (C=O) groups excluding carboxylic acids is 3. The number of fused-ring (bicyclic) bond motifs is 2. The van der Waals surface area contributed by atoms with Crippen molar-refractivity contribution in [2.24, 2.45) is 0 Å². The first-order valence-corrected chi connectivity index (χ1v) is 8.66. The highest BCUT2D eigenvalue weighted by Crippen LogP contribution is 2.24. The molecule has 1 N–H and O–H groups in total. The molecule has 1 atom stereocenters. The summed E-state index contributed by atoms with van der Waals surface area (Å²) in [7, 11) is 0. The molecule has 8 heteroatoms. The highest BCUT2D eigenvalue weighted by Gasteiger charge is 2.40. The van der Waals surface area contributed by atoms with Gasteiger partial charge in [0.05, 0.1) is 22.0 Å². The van der Waals surface area contributed by atoms with E-state index < -0.39 is 29.3 Å². The Morgan fingerprint density at radius 1 is 0.964 bits per heavy atom. The van der Waals surface area contributed by atoms with E-state index in [9.17, 15) is 19.2 Å². The van der Waals surface area contributed by atoms with E-state index in [0.29, 0.717) is 10.9 Å². The fourth-order valence-electron chi connectivity index (χ4n) is 3.26. The molecular formula is C20H16N4O4. The third-order valence-corrected chi connectivity index (χ3v) is 4.76. The minimum atomic E-state index is -1.11. The Kier molecular flexibility index (Phi) is 4.03. The highest BCUT2D eigenvalue weighted by molar-refractivity contribution is 6.23. The molecule has 2 aromatic carbocycles. The molecule has 140 valence electrons. The van der Waals surface area contributed by atoms with Crippen LogP contribution in [-0.4, -0.2) is 38.3 Å². The van der Waals surface area contributed by atoms with E-state index in [1.807, 2.05) is 0 Å². The Morgan fingerprint density at radius 3 is 2.18 bits per heavy atom. The van der Waals surface area contributed by atoms with Crippen molar-refractivity contribution in [3.8, 4) is 0 Å². The summed E-state index contributed by atoms with van der Waals surface area (Å²) < 4.78 is 1.03. The van der Waals surface area contributed by atoms with Crippen LogP contribution in [0.1, 0.15) is 33.5 Å². The largest absolute Gasteiger partial charge is 0.280 e. The first-order valence-electron chi connectivity index (χ1n) is 8.66. The molecule has 2 heterocycles. The van der Waals surface area contributed by atoms with Crippen LogP contribution in [0.4, 0.5) is 0 Å². The van der Waals surface area contributed by atoms with Crippen LogP contribution in [0.5, 0.6) is 0 Å². The van der Waals surface area contributed by atoms with Crippen LogP contribution in [0, 0.1) is 6.92 Å². The van der Waals surface area contributed by atoms with Gasteiger partial charge in [0.2, 0.25) is 0 Å². The summed E-state index contributed by atoms with van der Waals surface area (Å²) in [5.74, 6) is -1.46. The van der Waals surface area contributed by atoms with Crippen molar-refractivity contribution in [3.05, 3.63) is 75.8 Å². The Bertz CT molecular complexity index is 1180. The number of para-hydroxylation sites is 1. The van der Waals surface area contributed by atoms with Gasteiger partial charge in [0.25, 0.3) is 23.3 Å². The Morgan fingerprint density at radius 2 is 1.54 bits per heavy atom. The van der Waals surface area contributed by atoms with Crippen molar-refractivity contribution in [1.29, 1.82) is 0 Å². The molecule has 28 heavy (non-hydrogen) atoms. The lowest BCUT2D eigenvalue weighted by Crippen LogP contribution is -2.49. The van der Waals surface area contributed by atoms with E-state index in [4.69, 9.17) is 0 Å². The molecule has 0 spiro atoms. The lowest BCUT2D eigenvalue weighted by molar-refractivity contribution is -0.120. The van der Waals surface area contributed by atoms with E-state index in [2.05, 4.69) is 10.4 Å². The molecule has 1 aliphatic heterocycles. The maximum Gasteiger partial charge on any atom is 0.280 e. The van der Waals surface area contributed by atoms with Gasteiger partial charge in [-0.2, -0.15) is 0 Å². The summed E-state index contributed by atoms with van der Waals surface area (Å²) in [6.07, 6.45) is 0. The fraction of sp³-hybridized carbons (Fsp3) is 0.150. The molecule has 4 rings (SSSR count). The molecule has 0 aliphatic carbocycles. The predicted octanol–water partition coefficient (Wildman–Crippen LogP) is 1.46. The summed E-state index contributed by atoms with van der Waals surface area (Å²) in [6.45, 7) is 3.02. The predicted molar refractivity (Wildman–Crippen MR) is 102 cm³/mol. The topological polar surface area (TPSA) is 101 Å². The quantitative estimate of drug-likeness (QED) is 0.698. The third kappa shape index (κ3) is 2.58. The van der Waals surface area contributed by atoms with Crippen LogP contribution in [0.25, 0.3) is 10.9 Å². The molecule has 0 fully saturated rings. The minimum absolute atomic E-state index is 0.257. The van der Waals surface area contributed by atoms with Gasteiger partial charge < -0.3 is 0 Å². The fourth-order valence-corrected chi connectivity index (χ4v) is 3.26. The number of rotatable bonds is 3. The van der Waals surface area contributed by atoms with E-state index in [-0.39, 0.29) is 17.0 Å². The maximum absolute atomic E-state index is 12.7. The van der Waals surface area contributed by atoms with E-state index in [1.165, 1.54) is 6.92 Å². The summed E-state index contributed by atoms with van der Waals surface area (Å²) in [4.78, 5) is 55.8. The van der Waals surface area contributed by atoms with Gasteiger partial charge in [-0.1, -0.05) is 24.3 Å². The van der Waals surface area contributed by atoms with E-state index in [1.54, 1.807) is 55.5 Å². The van der Waals surface area contributed by atoms with Crippen molar-refractivity contribution in [2.45, 2.75) is 19.9 Å². The Balaban J connectivity index is 1.65. The van der Waals surface area contributed by atoms with Gasteiger partial charge in [-0.3, -0.25) is 29.5 Å². The van der Waals surface area contributed by atoms with Crippen molar-refractivity contribution in [1.82, 2.24) is 14.6 Å². The number of hydrogen-bond acceptors (Lipinski definition) is 5. The van der Waals surface area contributed by atoms with Crippen LogP contribution in [0.2, 0.25) is 0 Å². The van der Waals surface area contributed by atoms with Crippen molar-refractivity contribution >= 4 is 28.6 Å². The van der Waals surface area contributed by atoms with E-state index >= 15 is 0 Å². The van der Waals surface area contributed by atoms with E-state index in [0.717, 1.165) is 9.58 Å². The second-order valence-corrected chi connectivity index (χ2v) is 6.49. The number of aryl methyl sites for hydroxylation is 1. The molecule has 3 aromatic rings. The van der Waals surface area contributed by atoms with Gasteiger partial charge in [-0.25, -0.2) is 9.66 Å². The number of benzene rings is 2. The highest BCUT2D eigenvalue weighted by atomic mass is 16.2. The van der Waals surface area contributed by atoms with Gasteiger partial charge in [-0.05, 0) is 38.1 Å². The molecule has 0 bridgehead atoms. The SMILES string of the molecule is Cc1nc2ccccc2c(=O)n1NC(=O)[C@@H](C)N1C(=O)c2ccccc2C1=O. The maximum atomic E-state index is 12.7. The second kappa shape index (κ2) is 6.41. The number of nitrogens with one attached hydrogen (secondary N) is 1. The molecule has 8 nitrogen and oxygen atoms in total. The number of amides is 3. The van der Waals surface area contributed by atoms with Gasteiger partial charge in [-0.15, -0.1) is 0 Å². The van der Waals surface area contributed by atoms with Gasteiger partial charge >= 0.3 is 0 Å². The van der Waals surface area contributed by atoms with Crippen LogP contribution in [0.3, 0.4) is 0 Å².